The van der Waals surface area contributed by atoms with Crippen molar-refractivity contribution in [3.63, 3.8) is 0 Å². The summed E-state index contributed by atoms with van der Waals surface area (Å²) in [6.07, 6.45) is 0. The van der Waals surface area contributed by atoms with E-state index in [2.05, 4.69) is 23.3 Å². The maximum absolute atomic E-state index is 8.63. The first-order valence-electron chi connectivity index (χ1n) is 2.30. The molecule has 0 spiro atoms. The summed E-state index contributed by atoms with van der Waals surface area (Å²) >= 11 is 7.33. The second kappa shape index (κ2) is 13.7. The Morgan fingerprint density at radius 3 is 1.45 bits per heavy atom. The van der Waals surface area contributed by atoms with E-state index in [1.807, 2.05) is 6.07 Å². The van der Waals surface area contributed by atoms with Gasteiger partial charge in [-0.05, 0) is 12.1 Å². The molecule has 0 radical (unpaired) electrons. The molecule has 11 heavy (non-hydrogen) atoms. The van der Waals surface area contributed by atoms with Gasteiger partial charge in [0.25, 0.3) is 0 Å². The molecule has 1 aromatic carbocycles. The van der Waals surface area contributed by atoms with Crippen LogP contribution in [0.25, 0.3) is 0 Å². The number of aromatic hydroxyl groups is 1. The molecule has 1 nitrogen and oxygen atoms in total. The van der Waals surface area contributed by atoms with Crippen LogP contribution in [0.5, 0.6) is 5.75 Å². The molecule has 0 atom stereocenters. The van der Waals surface area contributed by atoms with Crippen LogP contribution < -0.4 is 0 Å². The molecule has 0 fully saturated rings. The number of rotatable bonds is 0. The fraction of sp³-hybridized carbons (Fsp3) is 0. The number of phenols is 1. The van der Waals surface area contributed by atoms with Crippen molar-refractivity contribution in [1.82, 2.24) is 0 Å². The van der Waals surface area contributed by atoms with E-state index >= 15 is 0 Å². The minimum Gasteiger partial charge on any atom is -1.00 e. The molecule has 0 saturated heterocycles. The molecule has 0 amide bonds. The average Bonchev–Trinajstić information content (AvgIpc) is 1.94. The second-order valence-electron chi connectivity index (χ2n) is 1.34. The molecular weight excluding hydrogens is 344 g/mol. The van der Waals surface area contributed by atoms with E-state index in [4.69, 9.17) is 5.11 Å². The van der Waals surface area contributed by atoms with Gasteiger partial charge in [-0.3, -0.25) is 0 Å². The van der Waals surface area contributed by atoms with Crippen LogP contribution >= 0.6 is 0 Å². The van der Waals surface area contributed by atoms with Crippen molar-refractivity contribution in [3.05, 3.63) is 30.3 Å². The topological polar surface area (TPSA) is 20.2 Å². The Bertz CT molecular complexity index is 149. The Morgan fingerprint density at radius 2 is 1.27 bits per heavy atom. The fourth-order valence-corrected chi connectivity index (χ4v) is 0.428. The van der Waals surface area contributed by atoms with Crippen LogP contribution in [0.1, 0.15) is 0 Å². The van der Waals surface area contributed by atoms with E-state index in [1.54, 1.807) is 24.3 Å². The van der Waals surface area contributed by atoms with Crippen molar-refractivity contribution >= 4 is 23.3 Å². The Balaban J connectivity index is -0.000000149. The monoisotopic (exact) mass is 354 g/mol. The normalized spacial score (nSPS) is 6.00. The zero-order chi connectivity index (χ0) is 7.11. The van der Waals surface area contributed by atoms with Crippen LogP contribution in [0.3, 0.4) is 0 Å². The largest absolute Gasteiger partial charge is 1.00 e. The van der Waals surface area contributed by atoms with E-state index in [0.29, 0.717) is 5.75 Å². The number of hydrogen-bond acceptors (Lipinski definition) is 3. The number of para-hydroxylation sites is 1. The molecule has 1 rings (SSSR count). The molecule has 1 N–H and O–H groups in total. The van der Waals surface area contributed by atoms with Gasteiger partial charge in [0, 0.05) is 42.1 Å². The van der Waals surface area contributed by atoms with Crippen molar-refractivity contribution in [1.29, 1.82) is 0 Å². The third kappa shape index (κ3) is 11.1. The van der Waals surface area contributed by atoms with Crippen LogP contribution in [-0.4, -0.2) is 5.11 Å². The molecule has 0 aliphatic carbocycles. The smallest absolute Gasteiger partial charge is 0.115 e. The molecule has 0 aromatic heterocycles. The molecule has 62 valence electrons. The van der Waals surface area contributed by atoms with Gasteiger partial charge < -0.3 is 28.4 Å². The maximum atomic E-state index is 8.63. The maximum Gasteiger partial charge on any atom is 0.115 e. The van der Waals surface area contributed by atoms with Gasteiger partial charge in [0.2, 0.25) is 0 Å². The van der Waals surface area contributed by atoms with E-state index in [-0.39, 0.29) is 42.1 Å². The number of phenolic OH excluding ortho intramolecular Hbond substituents is 1. The first-order valence-corrected chi connectivity index (χ1v) is 3.63. The quantitative estimate of drug-likeness (QED) is 0.434. The van der Waals surface area contributed by atoms with E-state index in [0.717, 1.165) is 0 Å². The van der Waals surface area contributed by atoms with E-state index in [1.165, 1.54) is 0 Å². The molecule has 0 unspecified atom stereocenters. The van der Waals surface area contributed by atoms with Crippen LogP contribution in [0.2, 0.25) is 0 Å². The van der Waals surface area contributed by atoms with Crippen molar-refractivity contribution in [2.24, 2.45) is 0 Å². The molecule has 5 heteroatoms. The van der Waals surface area contributed by atoms with Crippen LogP contribution in [0, 0.1) is 0 Å². The van der Waals surface area contributed by atoms with Crippen molar-refractivity contribution in [2.75, 3.05) is 0 Å². The molecule has 0 saturated carbocycles. The average molecular weight is 350 g/mol. The van der Waals surface area contributed by atoms with Crippen LogP contribution in [-0.2, 0) is 65.5 Å². The van der Waals surface area contributed by atoms with Gasteiger partial charge >= 0.3 is 0 Å². The summed E-state index contributed by atoms with van der Waals surface area (Å²) in [6, 6.07) is 8.71. The predicted octanol–water partition coefficient (Wildman–Crippen LogP) is 1.38. The standard InChI is InChI=1S/C6H6O.2Mo.S2/c7-6-4-2-1-3-5-6;;;1-2/h1-5,7H;;;/q;;;-2. The summed E-state index contributed by atoms with van der Waals surface area (Å²) in [4.78, 5) is 0. The first-order chi connectivity index (χ1) is 4.39. The Hall–Kier alpha value is 1.10. The SMILES string of the molecule is Oc1ccccc1.[Mo].[Mo].[S-][S-]. The minimum absolute atomic E-state index is 0. The summed E-state index contributed by atoms with van der Waals surface area (Å²) < 4.78 is 0. The van der Waals surface area contributed by atoms with Gasteiger partial charge in [-0.15, -0.1) is 0 Å². The molecule has 0 aliphatic heterocycles. The van der Waals surface area contributed by atoms with E-state index in [9.17, 15) is 0 Å². The van der Waals surface area contributed by atoms with Crippen molar-refractivity contribution in [3.8, 4) is 5.75 Å². The molecule has 1 aromatic rings. The van der Waals surface area contributed by atoms with Gasteiger partial charge in [0.1, 0.15) is 5.75 Å². The Morgan fingerprint density at radius 1 is 0.909 bits per heavy atom. The van der Waals surface area contributed by atoms with Gasteiger partial charge in [0.05, 0.1) is 0 Å². The number of benzene rings is 1. The fourth-order valence-electron chi connectivity index (χ4n) is 0.428. The summed E-state index contributed by atoms with van der Waals surface area (Å²) in [5.74, 6) is 0.322. The third-order valence-corrected chi connectivity index (χ3v) is 0.756. The van der Waals surface area contributed by atoms with Gasteiger partial charge in [-0.2, -0.15) is 0 Å². The first kappa shape index (κ1) is 18.0. The number of hydrogen-bond donors (Lipinski definition) is 1. The van der Waals surface area contributed by atoms with Gasteiger partial charge in [-0.1, -0.05) is 18.2 Å². The molecule has 0 heterocycles. The van der Waals surface area contributed by atoms with Crippen molar-refractivity contribution < 1.29 is 47.2 Å². The van der Waals surface area contributed by atoms with Crippen LogP contribution in [0.15, 0.2) is 30.3 Å². The summed E-state index contributed by atoms with van der Waals surface area (Å²) in [6.45, 7) is 0. The van der Waals surface area contributed by atoms with Gasteiger partial charge in [0.15, 0.2) is 0 Å². The predicted molar refractivity (Wildman–Crippen MR) is 42.8 cm³/mol. The zero-order valence-corrected chi connectivity index (χ0v) is 11.1. The Kier molecular flexibility index (Phi) is 22.4. The van der Waals surface area contributed by atoms with Crippen LogP contribution in [0.4, 0.5) is 0 Å². The van der Waals surface area contributed by atoms with E-state index < -0.39 is 0 Å². The summed E-state index contributed by atoms with van der Waals surface area (Å²) in [5.41, 5.74) is 0. The third-order valence-electron chi connectivity index (χ3n) is 0.756. The molecule has 0 aliphatic rings. The zero-order valence-electron chi connectivity index (χ0n) is 5.47. The molecule has 0 bridgehead atoms. The van der Waals surface area contributed by atoms with Gasteiger partial charge in [-0.25, -0.2) is 0 Å². The summed E-state index contributed by atoms with van der Waals surface area (Å²) in [7, 11) is 0. The Labute approximate surface area is 106 Å². The second-order valence-corrected chi connectivity index (χ2v) is 1.34. The minimum atomic E-state index is 0. The summed E-state index contributed by atoms with van der Waals surface area (Å²) in [5, 5.41) is 8.63. The van der Waals surface area contributed by atoms with Crippen molar-refractivity contribution in [2.45, 2.75) is 0 Å². The molecular formula is C6H6Mo2OS2-2.